The number of likely N-dealkylation sites (N-methyl/N-ethyl adjacent to an activating group) is 1. The molecule has 0 bridgehead atoms. The van der Waals surface area contributed by atoms with Crippen LogP contribution in [0, 0.1) is 12.7 Å². The highest BCUT2D eigenvalue weighted by Crippen LogP contribution is 2.33. The van der Waals surface area contributed by atoms with Crippen LogP contribution in [0.25, 0.3) is 10.9 Å². The smallest absolute Gasteiger partial charge is 0.307 e. The van der Waals surface area contributed by atoms with E-state index in [1.165, 1.54) is 12.1 Å². The number of aliphatic carboxylic acids is 1. The summed E-state index contributed by atoms with van der Waals surface area (Å²) in [4.78, 5) is 26.7. The molecule has 1 aliphatic rings. The van der Waals surface area contributed by atoms with Crippen molar-refractivity contribution in [1.29, 1.82) is 0 Å². The lowest BCUT2D eigenvalue weighted by Gasteiger charge is -2.33. The van der Waals surface area contributed by atoms with E-state index in [1.807, 2.05) is 36.2 Å². The largest absolute Gasteiger partial charge is 0.490 e. The number of para-hydroxylation sites is 1. The first kappa shape index (κ1) is 23.4. The lowest BCUT2D eigenvalue weighted by molar-refractivity contribution is -0.136. The number of anilines is 1. The molecule has 0 aliphatic carbocycles. The number of carboxylic acids is 1. The second kappa shape index (κ2) is 9.37. The van der Waals surface area contributed by atoms with Crippen molar-refractivity contribution >= 4 is 28.5 Å². The third-order valence-corrected chi connectivity index (χ3v) is 6.41. The second-order valence-corrected chi connectivity index (χ2v) is 8.86. The van der Waals surface area contributed by atoms with Gasteiger partial charge in [-0.15, -0.1) is 0 Å². The molecule has 0 unspecified atom stereocenters. The predicted octanol–water partition coefficient (Wildman–Crippen LogP) is 4.68. The van der Waals surface area contributed by atoms with Crippen LogP contribution in [0.15, 0.2) is 66.7 Å². The minimum atomic E-state index is -0.946. The zero-order valence-corrected chi connectivity index (χ0v) is 19.9. The van der Waals surface area contributed by atoms with Gasteiger partial charge in [0.2, 0.25) is 0 Å². The van der Waals surface area contributed by atoms with Crippen molar-refractivity contribution in [1.82, 2.24) is 4.57 Å². The zero-order chi connectivity index (χ0) is 25.4. The van der Waals surface area contributed by atoms with E-state index in [-0.39, 0.29) is 30.9 Å². The first-order valence-corrected chi connectivity index (χ1v) is 11.6. The summed E-state index contributed by atoms with van der Waals surface area (Å²) in [7, 11) is 1.88. The molecule has 1 atom stereocenters. The lowest BCUT2D eigenvalue weighted by atomic mass is 10.1. The maximum Gasteiger partial charge on any atom is 0.307 e. The van der Waals surface area contributed by atoms with Crippen molar-refractivity contribution in [2.75, 3.05) is 25.1 Å². The van der Waals surface area contributed by atoms with E-state index in [4.69, 9.17) is 9.47 Å². The van der Waals surface area contributed by atoms with Crippen molar-refractivity contribution < 1.29 is 28.6 Å². The molecule has 3 aromatic carbocycles. The highest BCUT2D eigenvalue weighted by molar-refractivity contribution is 6.04. The van der Waals surface area contributed by atoms with Gasteiger partial charge in [0.15, 0.2) is 0 Å². The molecule has 5 rings (SSSR count). The normalized spacial score (nSPS) is 14.9. The highest BCUT2D eigenvalue weighted by atomic mass is 19.1. The lowest BCUT2D eigenvalue weighted by Crippen LogP contribution is -2.41. The van der Waals surface area contributed by atoms with Gasteiger partial charge in [0.05, 0.1) is 24.2 Å². The minimum absolute atomic E-state index is 0.156. The van der Waals surface area contributed by atoms with Gasteiger partial charge in [-0.2, -0.15) is 0 Å². The van der Waals surface area contributed by atoms with Gasteiger partial charge < -0.3 is 19.5 Å². The van der Waals surface area contributed by atoms with E-state index >= 15 is 0 Å². The number of hydrogen-bond acceptors (Lipinski definition) is 5. The molecule has 0 saturated heterocycles. The average molecular weight is 489 g/mol. The Hall–Kier alpha value is -4.33. The SMILES string of the molecule is Cc1c(CC(=O)O)c2ccccc2n1C(=O)c1ccc(OC[C@@H]2CN(C)c3cc(F)ccc3O2)cc1. The van der Waals surface area contributed by atoms with Gasteiger partial charge in [-0.25, -0.2) is 4.39 Å². The van der Waals surface area contributed by atoms with Crippen molar-refractivity contribution in [3.8, 4) is 11.5 Å². The van der Waals surface area contributed by atoms with Gasteiger partial charge >= 0.3 is 5.97 Å². The molecule has 4 aromatic rings. The number of aromatic nitrogens is 1. The summed E-state index contributed by atoms with van der Waals surface area (Å²) >= 11 is 0. The van der Waals surface area contributed by atoms with Gasteiger partial charge in [-0.05, 0) is 55.0 Å². The average Bonchev–Trinajstić information content (AvgIpc) is 3.14. The molecule has 0 radical (unpaired) electrons. The summed E-state index contributed by atoms with van der Waals surface area (Å²) in [6.07, 6.45) is -0.395. The van der Waals surface area contributed by atoms with Crippen molar-refractivity contribution in [3.63, 3.8) is 0 Å². The fourth-order valence-electron chi connectivity index (χ4n) is 4.68. The third kappa shape index (κ3) is 4.37. The number of carboxylic acid groups (broad SMARTS) is 1. The Morgan fingerprint density at radius 3 is 2.61 bits per heavy atom. The number of carbonyl (C=O) groups excluding carboxylic acids is 1. The molecular formula is C28H25FN2O5. The first-order chi connectivity index (χ1) is 17.3. The van der Waals surface area contributed by atoms with Crippen LogP contribution in [-0.4, -0.2) is 47.9 Å². The summed E-state index contributed by atoms with van der Waals surface area (Å²) < 4.78 is 26.9. The molecule has 1 aliphatic heterocycles. The summed E-state index contributed by atoms with van der Waals surface area (Å²) in [5.74, 6) is -0.305. The van der Waals surface area contributed by atoms with Crippen LogP contribution in [0.2, 0.25) is 0 Å². The molecule has 36 heavy (non-hydrogen) atoms. The summed E-state index contributed by atoms with van der Waals surface area (Å²) in [5.41, 5.74) is 3.08. The van der Waals surface area contributed by atoms with Crippen LogP contribution in [-0.2, 0) is 11.2 Å². The number of nitrogens with zero attached hydrogens (tertiary/aromatic N) is 2. The van der Waals surface area contributed by atoms with Gasteiger partial charge in [0.1, 0.15) is 30.0 Å². The van der Waals surface area contributed by atoms with Crippen molar-refractivity contribution in [2.24, 2.45) is 0 Å². The molecule has 184 valence electrons. The Balaban J connectivity index is 1.31. The number of carbonyl (C=O) groups is 2. The van der Waals surface area contributed by atoms with Crippen molar-refractivity contribution in [3.05, 3.63) is 89.4 Å². The van der Waals surface area contributed by atoms with Crippen molar-refractivity contribution in [2.45, 2.75) is 19.4 Å². The van der Waals surface area contributed by atoms with Gasteiger partial charge in [-0.1, -0.05) is 18.2 Å². The van der Waals surface area contributed by atoms with E-state index in [0.29, 0.717) is 46.1 Å². The molecule has 0 spiro atoms. The van der Waals surface area contributed by atoms with Crippen LogP contribution in [0.3, 0.4) is 0 Å². The topological polar surface area (TPSA) is 81.0 Å². The molecule has 7 nitrogen and oxygen atoms in total. The fourth-order valence-corrected chi connectivity index (χ4v) is 4.68. The number of benzene rings is 3. The van der Waals surface area contributed by atoms with E-state index < -0.39 is 5.97 Å². The number of rotatable bonds is 6. The minimum Gasteiger partial charge on any atom is -0.490 e. The molecule has 8 heteroatoms. The number of halogens is 1. The fraction of sp³-hybridized carbons (Fsp3) is 0.214. The molecule has 1 N–H and O–H groups in total. The van der Waals surface area contributed by atoms with Crippen LogP contribution < -0.4 is 14.4 Å². The molecule has 1 aromatic heterocycles. The van der Waals surface area contributed by atoms with Crippen LogP contribution >= 0.6 is 0 Å². The first-order valence-electron chi connectivity index (χ1n) is 11.6. The van der Waals surface area contributed by atoms with E-state index in [1.54, 1.807) is 41.8 Å². The molecule has 0 saturated carbocycles. The van der Waals surface area contributed by atoms with Crippen LogP contribution in [0.5, 0.6) is 11.5 Å². The zero-order valence-electron chi connectivity index (χ0n) is 19.9. The number of hydrogen-bond donors (Lipinski definition) is 1. The Bertz CT molecular complexity index is 1460. The van der Waals surface area contributed by atoms with E-state index in [9.17, 15) is 19.1 Å². The molecule has 0 fully saturated rings. The quantitative estimate of drug-likeness (QED) is 0.425. The molecule has 0 amide bonds. The maximum absolute atomic E-state index is 13.5. The standard InChI is InChI=1S/C28H25FN2O5/c1-17-23(14-27(32)33)22-5-3-4-6-24(22)31(17)28(34)18-7-10-20(11-8-18)35-16-21-15-30(2)25-13-19(29)9-12-26(25)36-21/h3-13,21H,14-16H2,1-2H3,(H,32,33)/t21-/m0/s1. The summed E-state index contributed by atoms with van der Waals surface area (Å²) in [5, 5.41) is 10.1. The summed E-state index contributed by atoms with van der Waals surface area (Å²) in [6.45, 7) is 2.60. The Morgan fingerprint density at radius 1 is 1.11 bits per heavy atom. The van der Waals surface area contributed by atoms with E-state index in [2.05, 4.69) is 0 Å². The molecular weight excluding hydrogens is 463 g/mol. The van der Waals surface area contributed by atoms with Gasteiger partial charge in [0.25, 0.3) is 5.91 Å². The predicted molar refractivity (Wildman–Crippen MR) is 134 cm³/mol. The maximum atomic E-state index is 13.5. The van der Waals surface area contributed by atoms with Crippen LogP contribution in [0.4, 0.5) is 10.1 Å². The Labute approximate surface area is 207 Å². The summed E-state index contributed by atoms with van der Waals surface area (Å²) in [6, 6.07) is 18.6. The number of ether oxygens (including phenoxy) is 2. The monoisotopic (exact) mass is 488 g/mol. The third-order valence-electron chi connectivity index (χ3n) is 6.41. The van der Waals surface area contributed by atoms with E-state index in [0.717, 1.165) is 5.39 Å². The van der Waals surface area contributed by atoms with Gasteiger partial charge in [0, 0.05) is 29.8 Å². The number of fused-ring (bicyclic) bond motifs is 2. The molecule has 2 heterocycles. The second-order valence-electron chi connectivity index (χ2n) is 8.86. The Kier molecular flexibility index (Phi) is 6.10. The van der Waals surface area contributed by atoms with Gasteiger partial charge in [-0.3, -0.25) is 14.2 Å². The van der Waals surface area contributed by atoms with Crippen LogP contribution in [0.1, 0.15) is 21.6 Å². The highest BCUT2D eigenvalue weighted by Gasteiger charge is 2.25. The Morgan fingerprint density at radius 2 is 1.86 bits per heavy atom.